The molecule has 0 aromatic heterocycles. The molecule has 0 aliphatic heterocycles. The second-order valence-corrected chi connectivity index (χ2v) is 17.3. The van der Waals surface area contributed by atoms with E-state index in [4.69, 9.17) is 0 Å². The third kappa shape index (κ3) is 37.5. The van der Waals surface area contributed by atoms with Gasteiger partial charge < -0.3 is 4.55 Å². The van der Waals surface area contributed by atoms with Gasteiger partial charge in [-0.25, -0.2) is 8.42 Å². The summed E-state index contributed by atoms with van der Waals surface area (Å²) in [6.45, 7) is 2.30. The van der Waals surface area contributed by atoms with E-state index in [1.165, 1.54) is 250 Å². The second-order valence-electron chi connectivity index (χ2n) is 15.9. The Labute approximate surface area is 363 Å². The molecule has 0 aliphatic carbocycles. The van der Waals surface area contributed by atoms with Crippen LogP contribution >= 0.6 is 0 Å². The monoisotopic (exact) mass is 757 g/mol. The van der Waals surface area contributed by atoms with E-state index in [0.717, 1.165) is 18.4 Å². The number of aryl methyl sites for hydroxylation is 1. The van der Waals surface area contributed by atoms with Crippen molar-refractivity contribution in [3.05, 3.63) is 29.8 Å². The van der Waals surface area contributed by atoms with Crippen LogP contribution in [0.4, 0.5) is 0 Å². The van der Waals surface area contributed by atoms with Crippen LogP contribution in [-0.2, 0) is 16.5 Å². The molecule has 51 heavy (non-hydrogen) atoms. The van der Waals surface area contributed by atoms with Crippen molar-refractivity contribution in [3.63, 3.8) is 0 Å². The number of hydrogen-bond acceptors (Lipinski definition) is 3. The number of unbranched alkanes of at least 4 members (excludes halogenated alkanes) is 37. The summed E-state index contributed by atoms with van der Waals surface area (Å²) in [6.07, 6.45) is 54.9. The van der Waals surface area contributed by atoms with Crippen molar-refractivity contribution < 1.29 is 64.4 Å². The average Bonchev–Trinajstić information content (AvgIpc) is 3.11. The first-order valence-electron chi connectivity index (χ1n) is 22.6. The Balaban J connectivity index is 0.0000250. The molecule has 0 radical (unpaired) electrons. The molecule has 1 aromatic carbocycles. The second kappa shape index (κ2) is 40.4. The predicted molar refractivity (Wildman–Crippen MR) is 219 cm³/mol. The molecule has 294 valence electrons. The summed E-state index contributed by atoms with van der Waals surface area (Å²) in [5.74, 6) is 0. The molecular formula is C46H85KO3S. The van der Waals surface area contributed by atoms with E-state index in [-0.39, 0.29) is 56.3 Å². The Kier molecular flexibility index (Phi) is 41.0. The van der Waals surface area contributed by atoms with E-state index in [0.29, 0.717) is 0 Å². The van der Waals surface area contributed by atoms with Gasteiger partial charge in [-0.15, -0.1) is 0 Å². The van der Waals surface area contributed by atoms with E-state index in [1.54, 1.807) is 6.07 Å². The Morgan fingerprint density at radius 2 is 0.627 bits per heavy atom. The molecule has 1 rings (SSSR count). The number of benzene rings is 1. The molecule has 0 unspecified atom stereocenters. The van der Waals surface area contributed by atoms with Crippen LogP contribution in [0.15, 0.2) is 29.2 Å². The predicted octanol–water partition coefficient (Wildman–Crippen LogP) is 13.0. The summed E-state index contributed by atoms with van der Waals surface area (Å²) in [5, 5.41) is 0. The molecule has 0 amide bonds. The minimum Gasteiger partial charge on any atom is -0.744 e. The molecule has 0 N–H and O–H groups in total. The fourth-order valence-electron chi connectivity index (χ4n) is 7.62. The molecule has 3 nitrogen and oxygen atoms in total. The van der Waals surface area contributed by atoms with E-state index in [9.17, 15) is 13.0 Å². The van der Waals surface area contributed by atoms with Crippen molar-refractivity contribution in [3.8, 4) is 0 Å². The molecule has 1 aromatic rings. The van der Waals surface area contributed by atoms with Gasteiger partial charge >= 0.3 is 51.4 Å². The van der Waals surface area contributed by atoms with E-state index in [2.05, 4.69) is 6.92 Å². The zero-order valence-electron chi connectivity index (χ0n) is 34.5. The Morgan fingerprint density at radius 1 is 0.392 bits per heavy atom. The average molecular weight is 757 g/mol. The summed E-state index contributed by atoms with van der Waals surface area (Å²) in [7, 11) is -4.35. The summed E-state index contributed by atoms with van der Waals surface area (Å²) in [5.41, 5.74) is 0.952. The summed E-state index contributed by atoms with van der Waals surface area (Å²) in [4.78, 5) is -0.105. The van der Waals surface area contributed by atoms with Crippen LogP contribution in [0.2, 0.25) is 0 Å². The van der Waals surface area contributed by atoms with Gasteiger partial charge in [0.05, 0.1) is 4.90 Å². The minimum atomic E-state index is -4.35. The molecule has 0 bridgehead atoms. The molecule has 0 fully saturated rings. The van der Waals surface area contributed by atoms with E-state index >= 15 is 0 Å². The molecule has 0 saturated heterocycles. The van der Waals surface area contributed by atoms with Crippen LogP contribution in [0.3, 0.4) is 0 Å². The van der Waals surface area contributed by atoms with Crippen LogP contribution in [0, 0.1) is 0 Å². The Morgan fingerprint density at radius 3 is 0.863 bits per heavy atom. The first kappa shape index (κ1) is 51.8. The van der Waals surface area contributed by atoms with Gasteiger partial charge in [0.1, 0.15) is 10.1 Å². The summed E-state index contributed by atoms with van der Waals surface area (Å²) < 4.78 is 33.5. The van der Waals surface area contributed by atoms with Crippen LogP contribution in [-0.4, -0.2) is 13.0 Å². The molecule has 0 saturated carbocycles. The molecule has 0 aliphatic rings. The number of hydrogen-bond donors (Lipinski definition) is 0. The van der Waals surface area contributed by atoms with Gasteiger partial charge in [-0.05, 0) is 30.5 Å². The molecular weight excluding hydrogens is 672 g/mol. The van der Waals surface area contributed by atoms with E-state index in [1.807, 2.05) is 6.07 Å². The Hall–Kier alpha value is 0.766. The van der Waals surface area contributed by atoms with E-state index < -0.39 is 10.1 Å². The fourth-order valence-corrected chi connectivity index (χ4v) is 8.16. The zero-order valence-corrected chi connectivity index (χ0v) is 38.5. The van der Waals surface area contributed by atoms with Crippen molar-refractivity contribution >= 4 is 10.1 Å². The third-order valence-corrected chi connectivity index (χ3v) is 11.8. The van der Waals surface area contributed by atoms with Crippen LogP contribution < -0.4 is 51.4 Å². The maximum atomic E-state index is 11.2. The maximum Gasteiger partial charge on any atom is 1.00 e. The van der Waals surface area contributed by atoms with Gasteiger partial charge in [0.25, 0.3) is 0 Å². The van der Waals surface area contributed by atoms with Gasteiger partial charge in [-0.3, -0.25) is 0 Å². The van der Waals surface area contributed by atoms with Gasteiger partial charge in [0.2, 0.25) is 0 Å². The van der Waals surface area contributed by atoms with Crippen LogP contribution in [0.1, 0.15) is 256 Å². The first-order chi connectivity index (χ1) is 24.5. The standard InChI is InChI=1S/C46H86O3S.K/c1-2-3-4-5-6-7-8-9-10-11-12-13-14-15-16-17-18-19-20-21-22-23-24-25-26-27-28-29-30-31-32-33-34-35-36-37-38-39-41-45-42-40-43-46(44-45)50(47,48)49;/h40,42-44H,2-39,41H2,1H3,(H,47,48,49);/q;+1/p-1. The van der Waals surface area contributed by atoms with Crippen molar-refractivity contribution in [1.29, 1.82) is 0 Å². The largest absolute Gasteiger partial charge is 1.00 e. The third-order valence-electron chi connectivity index (χ3n) is 11.0. The van der Waals surface area contributed by atoms with Crippen LogP contribution in [0.25, 0.3) is 0 Å². The SMILES string of the molecule is CCCCCCCCCCCCCCCCCCCCCCCCCCCCCCCCCCCCCCCCc1cccc(S(=O)(=O)[O-])c1.[K+]. The fraction of sp³-hybridized carbons (Fsp3) is 0.870. The number of rotatable bonds is 40. The molecule has 5 heteroatoms. The first-order valence-corrected chi connectivity index (χ1v) is 24.0. The van der Waals surface area contributed by atoms with Crippen molar-refractivity contribution in [2.45, 2.75) is 262 Å². The molecule has 0 heterocycles. The van der Waals surface area contributed by atoms with Crippen molar-refractivity contribution in [2.24, 2.45) is 0 Å². The van der Waals surface area contributed by atoms with Crippen LogP contribution in [0.5, 0.6) is 0 Å². The minimum absolute atomic E-state index is 0. The summed E-state index contributed by atoms with van der Waals surface area (Å²) >= 11 is 0. The van der Waals surface area contributed by atoms with Gasteiger partial charge in [0, 0.05) is 0 Å². The summed E-state index contributed by atoms with van der Waals surface area (Å²) in [6, 6.07) is 6.51. The quantitative estimate of drug-likeness (QED) is 0.0381. The van der Waals surface area contributed by atoms with Crippen molar-refractivity contribution in [2.75, 3.05) is 0 Å². The zero-order chi connectivity index (χ0) is 36.1. The van der Waals surface area contributed by atoms with Gasteiger partial charge in [0.15, 0.2) is 0 Å². The molecule has 0 spiro atoms. The topological polar surface area (TPSA) is 57.2 Å². The van der Waals surface area contributed by atoms with Gasteiger partial charge in [-0.1, -0.05) is 257 Å². The smallest absolute Gasteiger partial charge is 0.744 e. The Bertz CT molecular complexity index is 934. The molecule has 0 atom stereocenters. The van der Waals surface area contributed by atoms with Crippen molar-refractivity contribution in [1.82, 2.24) is 0 Å². The normalized spacial score (nSPS) is 11.6. The maximum absolute atomic E-state index is 11.2. The van der Waals surface area contributed by atoms with Gasteiger partial charge in [-0.2, -0.15) is 0 Å².